The second-order valence-corrected chi connectivity index (χ2v) is 12.3. The van der Waals surface area contributed by atoms with Crippen LogP contribution in [0.2, 0.25) is 0 Å². The highest BCUT2D eigenvalue weighted by atomic mass is 15.1. The number of aryl methyl sites for hydroxylation is 2. The molecule has 0 aliphatic heterocycles. The normalized spacial score (nSPS) is 11.1. The molecule has 5 heteroatoms. The lowest BCUT2D eigenvalue weighted by atomic mass is 10.1. The molecule has 6 aromatic carbocycles. The van der Waals surface area contributed by atoms with Gasteiger partial charge in [0.1, 0.15) is 0 Å². The lowest BCUT2D eigenvalue weighted by Gasteiger charge is -2.26. The summed E-state index contributed by atoms with van der Waals surface area (Å²) in [5, 5.41) is 0. The lowest BCUT2D eigenvalue weighted by molar-refractivity contribution is 1.02. The molecule has 0 N–H and O–H groups in total. The average molecular weight is 634 g/mol. The van der Waals surface area contributed by atoms with Crippen molar-refractivity contribution in [3.63, 3.8) is 0 Å². The van der Waals surface area contributed by atoms with Crippen LogP contribution >= 0.6 is 0 Å². The van der Waals surface area contributed by atoms with Gasteiger partial charge in [0.05, 0.1) is 29.7 Å². The molecular formula is C44H35N5. The smallest absolute Gasteiger partial charge is 0.0999 e. The molecule has 5 nitrogen and oxygen atoms in total. The maximum Gasteiger partial charge on any atom is 0.0999 e. The molecule has 0 saturated heterocycles. The van der Waals surface area contributed by atoms with Gasteiger partial charge in [-0.05, 0) is 84.6 Å². The number of anilines is 3. The summed E-state index contributed by atoms with van der Waals surface area (Å²) < 4.78 is 4.20. The summed E-state index contributed by atoms with van der Waals surface area (Å²) in [7, 11) is 0. The van der Waals surface area contributed by atoms with E-state index in [1.165, 1.54) is 27.9 Å². The Labute approximate surface area is 287 Å². The van der Waals surface area contributed by atoms with Gasteiger partial charge in [-0.2, -0.15) is 0 Å². The van der Waals surface area contributed by atoms with Crippen LogP contribution in [0.3, 0.4) is 0 Å². The molecule has 2 aromatic heterocycles. The molecule has 0 bridgehead atoms. The van der Waals surface area contributed by atoms with Gasteiger partial charge in [-0.1, -0.05) is 103 Å². The van der Waals surface area contributed by atoms with Crippen molar-refractivity contribution in [3.05, 3.63) is 188 Å². The minimum atomic E-state index is 0.910. The van der Waals surface area contributed by atoms with Gasteiger partial charge in [0.15, 0.2) is 0 Å². The van der Waals surface area contributed by atoms with Crippen molar-refractivity contribution in [2.75, 3.05) is 4.90 Å². The van der Waals surface area contributed by atoms with Crippen LogP contribution in [-0.4, -0.2) is 19.1 Å². The summed E-state index contributed by atoms with van der Waals surface area (Å²) >= 11 is 0. The first-order chi connectivity index (χ1) is 24.1. The highest BCUT2D eigenvalue weighted by molar-refractivity contribution is 5.81. The molecule has 0 aliphatic rings. The van der Waals surface area contributed by atoms with E-state index in [0.717, 1.165) is 45.3 Å². The van der Waals surface area contributed by atoms with Crippen molar-refractivity contribution in [3.8, 4) is 45.0 Å². The SMILES string of the molecule is Cc1cccc(C)c1-n1cnc(-c2cccc(N(c3ccccc3)c3cccc(-c4cn(-c5ccc(-c6ccccc6)cc5)cn4)c3)c2)c1. The molecule has 2 heterocycles. The van der Waals surface area contributed by atoms with E-state index in [1.807, 2.05) is 24.8 Å². The zero-order chi connectivity index (χ0) is 33.2. The van der Waals surface area contributed by atoms with Gasteiger partial charge in [-0.25, -0.2) is 9.97 Å². The monoisotopic (exact) mass is 633 g/mol. The second kappa shape index (κ2) is 13.0. The number of rotatable bonds is 8. The van der Waals surface area contributed by atoms with E-state index in [1.54, 1.807) is 0 Å². The Kier molecular flexibility index (Phi) is 7.92. The zero-order valence-corrected chi connectivity index (χ0v) is 27.5. The Morgan fingerprint density at radius 3 is 1.51 bits per heavy atom. The van der Waals surface area contributed by atoms with Gasteiger partial charge in [0.2, 0.25) is 0 Å². The predicted molar refractivity (Wildman–Crippen MR) is 201 cm³/mol. The molecular weight excluding hydrogens is 599 g/mol. The van der Waals surface area contributed by atoms with Crippen molar-refractivity contribution < 1.29 is 0 Å². The maximum absolute atomic E-state index is 4.83. The number of aromatic nitrogens is 4. The van der Waals surface area contributed by atoms with Crippen molar-refractivity contribution >= 4 is 17.1 Å². The summed E-state index contributed by atoms with van der Waals surface area (Å²) in [6.45, 7) is 4.28. The van der Waals surface area contributed by atoms with E-state index < -0.39 is 0 Å². The molecule has 8 rings (SSSR count). The van der Waals surface area contributed by atoms with Gasteiger partial charge < -0.3 is 14.0 Å². The topological polar surface area (TPSA) is 38.9 Å². The molecule has 0 saturated carbocycles. The van der Waals surface area contributed by atoms with E-state index in [2.05, 4.69) is 180 Å². The fraction of sp³-hybridized carbons (Fsp3) is 0.0455. The maximum atomic E-state index is 4.83. The summed E-state index contributed by atoms with van der Waals surface area (Å²) in [5.74, 6) is 0. The fourth-order valence-corrected chi connectivity index (χ4v) is 6.51. The quantitative estimate of drug-likeness (QED) is 0.167. The van der Waals surface area contributed by atoms with E-state index in [4.69, 9.17) is 9.97 Å². The van der Waals surface area contributed by atoms with Crippen molar-refractivity contribution in [2.24, 2.45) is 0 Å². The third kappa shape index (κ3) is 6.06. The number of hydrogen-bond donors (Lipinski definition) is 0. The molecule has 0 atom stereocenters. The Morgan fingerprint density at radius 2 is 0.898 bits per heavy atom. The molecule has 0 unspecified atom stereocenters. The number of nitrogens with zero attached hydrogens (tertiary/aromatic N) is 5. The Bertz CT molecular complexity index is 2330. The van der Waals surface area contributed by atoms with Crippen LogP contribution in [0.15, 0.2) is 177 Å². The third-order valence-corrected chi connectivity index (χ3v) is 8.95. The number of benzene rings is 6. The summed E-state index contributed by atoms with van der Waals surface area (Å²) in [6, 6.07) is 53.1. The highest BCUT2D eigenvalue weighted by Crippen LogP contribution is 2.38. The largest absolute Gasteiger partial charge is 0.310 e. The van der Waals surface area contributed by atoms with Crippen LogP contribution < -0.4 is 4.90 Å². The highest BCUT2D eigenvalue weighted by Gasteiger charge is 2.16. The van der Waals surface area contributed by atoms with E-state index in [9.17, 15) is 0 Å². The van der Waals surface area contributed by atoms with E-state index in [0.29, 0.717) is 0 Å². The minimum Gasteiger partial charge on any atom is -0.310 e. The molecule has 49 heavy (non-hydrogen) atoms. The first-order valence-corrected chi connectivity index (χ1v) is 16.5. The van der Waals surface area contributed by atoms with Crippen LogP contribution in [0.4, 0.5) is 17.1 Å². The molecule has 236 valence electrons. The van der Waals surface area contributed by atoms with Crippen molar-refractivity contribution in [1.29, 1.82) is 0 Å². The molecule has 0 amide bonds. The van der Waals surface area contributed by atoms with Crippen LogP contribution in [0, 0.1) is 13.8 Å². The Morgan fingerprint density at radius 1 is 0.429 bits per heavy atom. The van der Waals surface area contributed by atoms with Gasteiger partial charge >= 0.3 is 0 Å². The Balaban J connectivity index is 1.12. The van der Waals surface area contributed by atoms with E-state index >= 15 is 0 Å². The van der Waals surface area contributed by atoms with Crippen molar-refractivity contribution in [1.82, 2.24) is 19.1 Å². The predicted octanol–water partition coefficient (Wildman–Crippen LogP) is 11.1. The number of imidazole rings is 2. The molecule has 8 aromatic rings. The summed E-state index contributed by atoms with van der Waals surface area (Å²) in [4.78, 5) is 11.9. The number of para-hydroxylation sites is 2. The van der Waals surface area contributed by atoms with Crippen LogP contribution in [0.1, 0.15) is 11.1 Å². The standard InChI is InChI=1S/C44H35N5/c1-32-12-9-13-33(2)44(32)48-29-43(46-31-48)37-17-11-21-41(27-37)49(39-18-7-4-8-19-39)40-20-10-16-36(26-40)42-28-47(30-45-42)38-24-22-35(23-25-38)34-14-5-3-6-15-34/h3-31H,1-2H3. The molecule has 0 radical (unpaired) electrons. The number of hydrogen-bond acceptors (Lipinski definition) is 3. The average Bonchev–Trinajstić information content (AvgIpc) is 3.85. The molecule has 0 spiro atoms. The van der Waals surface area contributed by atoms with Gasteiger partial charge in [-0.15, -0.1) is 0 Å². The third-order valence-electron chi connectivity index (χ3n) is 8.95. The first-order valence-electron chi connectivity index (χ1n) is 16.5. The molecule has 0 aliphatic carbocycles. The zero-order valence-electron chi connectivity index (χ0n) is 27.5. The first kappa shape index (κ1) is 29.9. The summed E-state index contributed by atoms with van der Waals surface area (Å²) in [5.41, 5.74) is 14.2. The van der Waals surface area contributed by atoms with Crippen LogP contribution in [0.5, 0.6) is 0 Å². The van der Waals surface area contributed by atoms with Crippen molar-refractivity contribution in [2.45, 2.75) is 13.8 Å². The lowest BCUT2D eigenvalue weighted by Crippen LogP contribution is -2.10. The minimum absolute atomic E-state index is 0.910. The fourth-order valence-electron chi connectivity index (χ4n) is 6.51. The summed E-state index contributed by atoms with van der Waals surface area (Å²) in [6.07, 6.45) is 8.01. The van der Waals surface area contributed by atoms with Gasteiger partial charge in [0, 0.05) is 46.3 Å². The van der Waals surface area contributed by atoms with Crippen LogP contribution in [-0.2, 0) is 0 Å². The molecule has 0 fully saturated rings. The van der Waals surface area contributed by atoms with E-state index in [-0.39, 0.29) is 0 Å². The van der Waals surface area contributed by atoms with Gasteiger partial charge in [-0.3, -0.25) is 0 Å². The second-order valence-electron chi connectivity index (χ2n) is 12.3. The van der Waals surface area contributed by atoms with Crippen LogP contribution in [0.25, 0.3) is 45.0 Å². The Hall–Kier alpha value is -6.46. The van der Waals surface area contributed by atoms with Gasteiger partial charge in [0.25, 0.3) is 0 Å².